The molecule has 0 atom stereocenters. The van der Waals surface area contributed by atoms with Crippen molar-refractivity contribution in [3.63, 3.8) is 0 Å². The first kappa shape index (κ1) is 16.2. The highest BCUT2D eigenvalue weighted by atomic mass is 32.2. The molecule has 23 heavy (non-hydrogen) atoms. The van der Waals surface area contributed by atoms with Gasteiger partial charge >= 0.3 is 0 Å². The Hall–Kier alpha value is -1.65. The number of carbonyl (C=O) groups excluding carboxylic acids is 1. The summed E-state index contributed by atoms with van der Waals surface area (Å²) in [5, 5.41) is 14.6. The molecule has 2 aromatic heterocycles. The van der Waals surface area contributed by atoms with Crippen LogP contribution in [0, 0.1) is 0 Å². The van der Waals surface area contributed by atoms with Crippen LogP contribution in [-0.2, 0) is 22.3 Å². The fraction of sp³-hybridized carbons (Fsp3) is 0.538. The smallest absolute Gasteiger partial charge is 0.227 e. The largest absolute Gasteiger partial charge is 0.378 e. The van der Waals surface area contributed by atoms with Gasteiger partial charge in [0.15, 0.2) is 10.3 Å². The summed E-state index contributed by atoms with van der Waals surface area (Å²) >= 11 is 3.00. The molecule has 1 aliphatic rings. The molecular weight excluding hydrogens is 336 g/mol. The van der Waals surface area contributed by atoms with Crippen LogP contribution in [0.2, 0.25) is 0 Å². The van der Waals surface area contributed by atoms with Gasteiger partial charge in [-0.25, -0.2) is 4.98 Å². The van der Waals surface area contributed by atoms with Gasteiger partial charge in [-0.05, 0) is 0 Å². The molecule has 1 fully saturated rings. The Morgan fingerprint density at radius 3 is 2.96 bits per heavy atom. The maximum absolute atomic E-state index is 11.0. The standard InChI is InChI=1S/C13H18N6O2S2/c1-9(20)14-11-15-10(7-22-11)8-23-13-17-16-12(18(13)2)19-3-5-21-6-4-19/h7H,3-6,8H2,1-2H3,(H,14,15,20). The van der Waals surface area contributed by atoms with Gasteiger partial charge in [-0.2, -0.15) is 0 Å². The Labute approximate surface area is 142 Å². The second kappa shape index (κ2) is 7.28. The van der Waals surface area contributed by atoms with E-state index in [2.05, 4.69) is 25.4 Å². The number of anilines is 2. The third-order valence-electron chi connectivity index (χ3n) is 3.29. The van der Waals surface area contributed by atoms with Crippen LogP contribution >= 0.6 is 23.1 Å². The van der Waals surface area contributed by atoms with Crippen molar-refractivity contribution in [2.75, 3.05) is 36.5 Å². The number of thiazole rings is 1. The molecule has 1 N–H and O–H groups in total. The first-order chi connectivity index (χ1) is 11.1. The Bertz CT molecular complexity index is 680. The highest BCUT2D eigenvalue weighted by molar-refractivity contribution is 7.98. The maximum Gasteiger partial charge on any atom is 0.227 e. The molecule has 0 bridgehead atoms. The van der Waals surface area contributed by atoms with Crippen molar-refractivity contribution >= 4 is 40.1 Å². The molecule has 3 heterocycles. The minimum absolute atomic E-state index is 0.109. The van der Waals surface area contributed by atoms with E-state index in [1.807, 2.05) is 17.0 Å². The summed E-state index contributed by atoms with van der Waals surface area (Å²) in [4.78, 5) is 17.6. The van der Waals surface area contributed by atoms with E-state index in [0.29, 0.717) is 10.9 Å². The average molecular weight is 354 g/mol. The summed E-state index contributed by atoms with van der Waals surface area (Å²) in [6.45, 7) is 4.59. The number of amides is 1. The zero-order valence-electron chi connectivity index (χ0n) is 13.0. The Morgan fingerprint density at radius 2 is 2.22 bits per heavy atom. The lowest BCUT2D eigenvalue weighted by Gasteiger charge is -2.27. The van der Waals surface area contributed by atoms with E-state index >= 15 is 0 Å². The summed E-state index contributed by atoms with van der Waals surface area (Å²) in [6, 6.07) is 0. The number of aromatic nitrogens is 4. The fourth-order valence-corrected chi connectivity index (χ4v) is 3.85. The van der Waals surface area contributed by atoms with Gasteiger partial charge < -0.3 is 15.0 Å². The predicted molar refractivity (Wildman–Crippen MR) is 90.0 cm³/mol. The number of nitrogens with zero attached hydrogens (tertiary/aromatic N) is 5. The minimum Gasteiger partial charge on any atom is -0.378 e. The lowest BCUT2D eigenvalue weighted by Crippen LogP contribution is -2.37. The highest BCUT2D eigenvalue weighted by Crippen LogP contribution is 2.26. The molecule has 1 amide bonds. The molecular formula is C13H18N6O2S2. The van der Waals surface area contributed by atoms with Crippen LogP contribution in [0.15, 0.2) is 10.5 Å². The molecule has 8 nitrogen and oxygen atoms in total. The first-order valence-corrected chi connectivity index (χ1v) is 9.07. The van der Waals surface area contributed by atoms with E-state index in [9.17, 15) is 4.79 Å². The van der Waals surface area contributed by atoms with Crippen molar-refractivity contribution < 1.29 is 9.53 Å². The monoisotopic (exact) mass is 354 g/mol. The quantitative estimate of drug-likeness (QED) is 0.812. The topological polar surface area (TPSA) is 85.2 Å². The van der Waals surface area contributed by atoms with Crippen LogP contribution in [0.5, 0.6) is 0 Å². The number of thioether (sulfide) groups is 1. The molecule has 0 aliphatic carbocycles. The zero-order chi connectivity index (χ0) is 16.2. The normalized spacial score (nSPS) is 15.0. The Kier molecular flexibility index (Phi) is 5.13. The molecule has 124 valence electrons. The third-order valence-corrected chi connectivity index (χ3v) is 5.15. The van der Waals surface area contributed by atoms with Gasteiger partial charge in [0.25, 0.3) is 0 Å². The van der Waals surface area contributed by atoms with E-state index in [0.717, 1.165) is 43.1 Å². The summed E-state index contributed by atoms with van der Waals surface area (Å²) in [7, 11) is 1.97. The second-order valence-corrected chi connectivity index (χ2v) is 6.86. The lowest BCUT2D eigenvalue weighted by molar-refractivity contribution is -0.114. The van der Waals surface area contributed by atoms with Crippen molar-refractivity contribution in [1.29, 1.82) is 0 Å². The molecule has 0 aromatic carbocycles. The number of hydrogen-bond donors (Lipinski definition) is 1. The Morgan fingerprint density at radius 1 is 1.43 bits per heavy atom. The van der Waals surface area contributed by atoms with E-state index in [1.54, 1.807) is 11.8 Å². The number of ether oxygens (including phenoxy) is 1. The van der Waals surface area contributed by atoms with Crippen LogP contribution < -0.4 is 10.2 Å². The van der Waals surface area contributed by atoms with E-state index in [-0.39, 0.29) is 5.91 Å². The van der Waals surface area contributed by atoms with Gasteiger partial charge in [0.05, 0.1) is 18.9 Å². The van der Waals surface area contributed by atoms with Crippen molar-refractivity contribution in [2.45, 2.75) is 17.8 Å². The highest BCUT2D eigenvalue weighted by Gasteiger charge is 2.18. The summed E-state index contributed by atoms with van der Waals surface area (Å²) in [5.41, 5.74) is 0.916. The molecule has 1 aliphatic heterocycles. The van der Waals surface area contributed by atoms with E-state index in [1.165, 1.54) is 18.3 Å². The van der Waals surface area contributed by atoms with Crippen LogP contribution in [0.25, 0.3) is 0 Å². The first-order valence-electron chi connectivity index (χ1n) is 7.20. The molecule has 10 heteroatoms. The van der Waals surface area contributed by atoms with Gasteiger partial charge in [-0.1, -0.05) is 11.8 Å². The molecule has 0 radical (unpaired) electrons. The summed E-state index contributed by atoms with van der Waals surface area (Å²) in [5.74, 6) is 1.44. The number of nitrogens with one attached hydrogen (secondary N) is 1. The number of hydrogen-bond acceptors (Lipinski definition) is 8. The van der Waals surface area contributed by atoms with Crippen LogP contribution in [0.1, 0.15) is 12.6 Å². The third kappa shape index (κ3) is 4.01. The molecule has 0 unspecified atom stereocenters. The maximum atomic E-state index is 11.0. The lowest BCUT2D eigenvalue weighted by atomic mass is 10.4. The van der Waals surface area contributed by atoms with Crippen molar-refractivity contribution in [3.8, 4) is 0 Å². The van der Waals surface area contributed by atoms with Gasteiger partial charge in [0.2, 0.25) is 11.9 Å². The summed E-state index contributed by atoms with van der Waals surface area (Å²) in [6.07, 6.45) is 0. The number of morpholine rings is 1. The molecule has 0 saturated carbocycles. The van der Waals surface area contributed by atoms with Crippen LogP contribution in [0.3, 0.4) is 0 Å². The van der Waals surface area contributed by atoms with Crippen molar-refractivity contribution in [1.82, 2.24) is 19.7 Å². The average Bonchev–Trinajstić information content (AvgIpc) is 3.12. The van der Waals surface area contributed by atoms with E-state index < -0.39 is 0 Å². The molecule has 1 saturated heterocycles. The van der Waals surface area contributed by atoms with E-state index in [4.69, 9.17) is 4.74 Å². The Balaban J connectivity index is 1.61. The minimum atomic E-state index is -0.109. The zero-order valence-corrected chi connectivity index (χ0v) is 14.6. The second-order valence-electron chi connectivity index (χ2n) is 5.05. The molecule has 2 aromatic rings. The van der Waals surface area contributed by atoms with Crippen molar-refractivity contribution in [2.24, 2.45) is 7.05 Å². The van der Waals surface area contributed by atoms with Crippen LogP contribution in [-0.4, -0.2) is 52.0 Å². The molecule has 3 rings (SSSR count). The molecule has 0 spiro atoms. The van der Waals surface area contributed by atoms with Gasteiger partial charge in [0.1, 0.15) is 0 Å². The van der Waals surface area contributed by atoms with Gasteiger partial charge in [-0.3, -0.25) is 9.36 Å². The number of carbonyl (C=O) groups is 1. The fourth-order valence-electron chi connectivity index (χ4n) is 2.19. The predicted octanol–water partition coefficient (Wildman–Crippen LogP) is 1.36. The van der Waals surface area contributed by atoms with Gasteiger partial charge in [0, 0.05) is 38.2 Å². The number of rotatable bonds is 5. The van der Waals surface area contributed by atoms with Crippen LogP contribution in [0.4, 0.5) is 11.1 Å². The summed E-state index contributed by atoms with van der Waals surface area (Å²) < 4.78 is 7.36. The van der Waals surface area contributed by atoms with Gasteiger partial charge in [-0.15, -0.1) is 21.5 Å². The van der Waals surface area contributed by atoms with Crippen molar-refractivity contribution in [3.05, 3.63) is 11.1 Å². The SMILES string of the molecule is CC(=O)Nc1nc(CSc2nnc(N3CCOCC3)n2C)cs1.